The molecule has 1 heterocycles. The zero-order valence-corrected chi connectivity index (χ0v) is 9.08. The van der Waals surface area contributed by atoms with E-state index in [0.29, 0.717) is 0 Å². The van der Waals surface area contributed by atoms with Crippen LogP contribution in [-0.2, 0) is 14.3 Å². The molecule has 1 amide bonds. The van der Waals surface area contributed by atoms with Crippen molar-refractivity contribution in [3.05, 3.63) is 0 Å². The first-order chi connectivity index (χ1) is 7.72. The number of carboxylic acids is 1. The lowest BCUT2D eigenvalue weighted by molar-refractivity contribution is -0.306. The first-order valence-corrected chi connectivity index (χ1v) is 4.83. The molecule has 0 spiro atoms. The number of hydrogen-bond donors (Lipinski definition) is 1. The average molecular weight is 255 g/mol. The number of hydrogen-bond acceptors (Lipinski definition) is 3. The molecule has 1 fully saturated rings. The third kappa shape index (κ3) is 2.68. The molecule has 98 valence electrons. The number of carbonyl (C=O) groups excluding carboxylic acids is 1. The normalized spacial score (nSPS) is 18.7. The quantitative estimate of drug-likeness (QED) is 0.800. The van der Waals surface area contributed by atoms with E-state index in [1.54, 1.807) is 0 Å². The molecule has 5 nitrogen and oxygen atoms in total. The van der Waals surface area contributed by atoms with Crippen molar-refractivity contribution in [1.29, 1.82) is 0 Å². The van der Waals surface area contributed by atoms with Gasteiger partial charge in [0.2, 0.25) is 5.91 Å². The number of likely N-dealkylation sites (tertiary alicyclic amines) is 1. The van der Waals surface area contributed by atoms with Crippen LogP contribution in [0.1, 0.15) is 12.8 Å². The van der Waals surface area contributed by atoms with Crippen molar-refractivity contribution in [1.82, 2.24) is 4.90 Å². The average Bonchev–Trinajstić information content (AvgIpc) is 2.11. The summed E-state index contributed by atoms with van der Waals surface area (Å²) in [6, 6.07) is 0. The maximum atomic E-state index is 12.5. The molecule has 0 aliphatic carbocycles. The van der Waals surface area contributed by atoms with E-state index < -0.39 is 36.7 Å². The maximum absolute atomic E-state index is 12.5. The molecular formula is C9H12F3NO4. The van der Waals surface area contributed by atoms with E-state index >= 15 is 0 Å². The van der Waals surface area contributed by atoms with Crippen molar-refractivity contribution in [2.75, 3.05) is 20.2 Å². The van der Waals surface area contributed by atoms with Gasteiger partial charge in [-0.15, -0.1) is 0 Å². The molecule has 0 radical (unpaired) electrons. The van der Waals surface area contributed by atoms with Crippen molar-refractivity contribution in [2.24, 2.45) is 0 Å². The lowest BCUT2D eigenvalue weighted by Gasteiger charge is -2.49. The van der Waals surface area contributed by atoms with Crippen LogP contribution in [0.25, 0.3) is 0 Å². The van der Waals surface area contributed by atoms with Crippen molar-refractivity contribution < 1.29 is 32.6 Å². The molecule has 0 bridgehead atoms. The minimum absolute atomic E-state index is 0.299. The Kier molecular flexibility index (Phi) is 3.65. The van der Waals surface area contributed by atoms with E-state index in [2.05, 4.69) is 4.74 Å². The Balaban J connectivity index is 2.49. The Bertz CT molecular complexity index is 323. The first kappa shape index (κ1) is 13.8. The van der Waals surface area contributed by atoms with Gasteiger partial charge in [-0.05, 0) is 0 Å². The van der Waals surface area contributed by atoms with Crippen LogP contribution in [0.15, 0.2) is 0 Å². The fourth-order valence-electron chi connectivity index (χ4n) is 1.54. The van der Waals surface area contributed by atoms with Crippen molar-refractivity contribution in [2.45, 2.75) is 24.6 Å². The number of carbonyl (C=O) groups is 2. The summed E-state index contributed by atoms with van der Waals surface area (Å²) in [5, 5.41) is 8.34. The molecule has 0 aromatic heterocycles. The second-order valence-electron chi connectivity index (χ2n) is 3.84. The van der Waals surface area contributed by atoms with Crippen LogP contribution >= 0.6 is 0 Å². The summed E-state index contributed by atoms with van der Waals surface area (Å²) >= 11 is 0. The number of carboxylic acid groups (broad SMARTS) is 1. The first-order valence-electron chi connectivity index (χ1n) is 4.83. The largest absolute Gasteiger partial charge is 0.481 e. The summed E-state index contributed by atoms with van der Waals surface area (Å²) in [7, 11) is 0.937. The van der Waals surface area contributed by atoms with E-state index in [9.17, 15) is 22.8 Å². The molecule has 1 aliphatic rings. The zero-order chi connectivity index (χ0) is 13.3. The predicted octanol–water partition coefficient (Wildman–Crippen LogP) is 0.641. The van der Waals surface area contributed by atoms with Gasteiger partial charge in [0.05, 0.1) is 19.5 Å². The molecule has 8 heteroatoms. The lowest BCUT2D eigenvalue weighted by atomic mass is 9.92. The fourth-order valence-corrected chi connectivity index (χ4v) is 1.54. The maximum Gasteiger partial charge on any atom is 0.420 e. The second kappa shape index (κ2) is 4.52. The summed E-state index contributed by atoms with van der Waals surface area (Å²) in [5.41, 5.74) is -2.30. The van der Waals surface area contributed by atoms with Gasteiger partial charge >= 0.3 is 12.1 Å². The van der Waals surface area contributed by atoms with Gasteiger partial charge in [-0.1, -0.05) is 0 Å². The highest BCUT2D eigenvalue weighted by Crippen LogP contribution is 2.40. The molecule has 1 N–H and O–H groups in total. The van der Waals surface area contributed by atoms with Crippen molar-refractivity contribution in [3.8, 4) is 0 Å². The number of nitrogens with zero attached hydrogens (tertiary/aromatic N) is 1. The summed E-state index contributed by atoms with van der Waals surface area (Å²) in [6.45, 7) is -1.16. The van der Waals surface area contributed by atoms with Crippen molar-refractivity contribution in [3.63, 3.8) is 0 Å². The third-order valence-corrected chi connectivity index (χ3v) is 2.71. The van der Waals surface area contributed by atoms with Gasteiger partial charge in [0.15, 0.2) is 5.60 Å². The molecule has 0 saturated carbocycles. The molecule has 0 aromatic carbocycles. The van der Waals surface area contributed by atoms with Gasteiger partial charge < -0.3 is 14.7 Å². The predicted molar refractivity (Wildman–Crippen MR) is 49.2 cm³/mol. The van der Waals surface area contributed by atoms with Crippen LogP contribution in [0.2, 0.25) is 0 Å². The van der Waals surface area contributed by atoms with Crippen LogP contribution < -0.4 is 0 Å². The smallest absolute Gasteiger partial charge is 0.420 e. The number of alkyl halides is 3. The van der Waals surface area contributed by atoms with Crippen LogP contribution in [0, 0.1) is 0 Å². The van der Waals surface area contributed by atoms with Crippen LogP contribution in [0.5, 0.6) is 0 Å². The standard InChI is InChI=1S/C9H12F3NO4/c1-17-8(9(10,11)12)4-13(5-8)6(14)2-3-7(15)16/h2-5H2,1H3,(H,15,16). The van der Waals surface area contributed by atoms with E-state index in [1.807, 2.05) is 0 Å². The Morgan fingerprint density at radius 1 is 1.35 bits per heavy atom. The van der Waals surface area contributed by atoms with Crippen molar-refractivity contribution >= 4 is 11.9 Å². The molecule has 1 rings (SSSR count). The van der Waals surface area contributed by atoms with Gasteiger partial charge in [-0.25, -0.2) is 0 Å². The van der Waals surface area contributed by atoms with Crippen LogP contribution in [0.4, 0.5) is 13.2 Å². The Hall–Kier alpha value is -1.31. The number of ether oxygens (including phenoxy) is 1. The molecule has 1 aliphatic heterocycles. The Morgan fingerprint density at radius 2 is 1.88 bits per heavy atom. The van der Waals surface area contributed by atoms with Gasteiger partial charge in [0.25, 0.3) is 0 Å². The highest BCUT2D eigenvalue weighted by molar-refractivity contribution is 5.81. The van der Waals surface area contributed by atoms with Gasteiger partial charge in [0, 0.05) is 13.5 Å². The SMILES string of the molecule is COC1(C(F)(F)F)CN(C(=O)CCC(=O)O)C1. The molecule has 0 atom stereocenters. The monoisotopic (exact) mass is 255 g/mol. The van der Waals surface area contributed by atoms with Crippen LogP contribution in [0.3, 0.4) is 0 Å². The summed E-state index contributed by atoms with van der Waals surface area (Å²) < 4.78 is 42.1. The highest BCUT2D eigenvalue weighted by atomic mass is 19.4. The Labute approximate surface area is 95.1 Å². The summed E-state index contributed by atoms with van der Waals surface area (Å²) in [5.74, 6) is -1.77. The molecule has 17 heavy (non-hydrogen) atoms. The van der Waals surface area contributed by atoms with Gasteiger partial charge in [0.1, 0.15) is 0 Å². The summed E-state index contributed by atoms with van der Waals surface area (Å²) in [4.78, 5) is 22.4. The number of rotatable bonds is 4. The minimum atomic E-state index is -4.54. The number of methoxy groups -OCH3 is 1. The highest BCUT2D eigenvalue weighted by Gasteiger charge is 2.63. The van der Waals surface area contributed by atoms with Gasteiger partial charge in [-0.3, -0.25) is 9.59 Å². The van der Waals surface area contributed by atoms with E-state index in [4.69, 9.17) is 5.11 Å². The van der Waals surface area contributed by atoms with E-state index in [-0.39, 0.29) is 12.8 Å². The van der Waals surface area contributed by atoms with E-state index in [1.165, 1.54) is 0 Å². The zero-order valence-electron chi connectivity index (χ0n) is 9.08. The Morgan fingerprint density at radius 3 is 2.24 bits per heavy atom. The third-order valence-electron chi connectivity index (χ3n) is 2.71. The number of amides is 1. The number of halogens is 3. The molecule has 0 aromatic rings. The minimum Gasteiger partial charge on any atom is -0.481 e. The number of aliphatic carboxylic acids is 1. The molecule has 0 unspecified atom stereocenters. The van der Waals surface area contributed by atoms with E-state index in [0.717, 1.165) is 12.0 Å². The molecule has 1 saturated heterocycles. The molecular weight excluding hydrogens is 243 g/mol. The van der Waals surface area contributed by atoms with Crippen LogP contribution in [-0.4, -0.2) is 53.9 Å². The van der Waals surface area contributed by atoms with Gasteiger partial charge in [-0.2, -0.15) is 13.2 Å². The topological polar surface area (TPSA) is 66.8 Å². The summed E-state index contributed by atoms with van der Waals surface area (Å²) in [6.07, 6.45) is -5.22. The lowest BCUT2D eigenvalue weighted by Crippen LogP contribution is -2.71. The second-order valence-corrected chi connectivity index (χ2v) is 3.84. The fraction of sp³-hybridized carbons (Fsp3) is 0.778.